The van der Waals surface area contributed by atoms with Gasteiger partial charge >= 0.3 is 5.97 Å². The number of esters is 1. The SMILES string of the molecule is CCCCCCCCCC(=O)c1cc(O)cc2c1C1(OC(=O)c3ccccc31)c1ccc(O)cc1O2. The summed E-state index contributed by atoms with van der Waals surface area (Å²) in [5, 5.41) is 20.6. The van der Waals surface area contributed by atoms with Gasteiger partial charge in [-0.3, -0.25) is 4.79 Å². The first-order chi connectivity index (χ1) is 17.5. The number of Topliss-reactive ketones (excluding diaryl/α,β-unsaturated/α-hetero) is 1. The molecule has 3 aromatic carbocycles. The minimum absolute atomic E-state index is 0.0136. The number of hydrogen-bond acceptors (Lipinski definition) is 6. The zero-order valence-electron chi connectivity index (χ0n) is 20.4. The second kappa shape index (κ2) is 9.69. The molecule has 6 nitrogen and oxygen atoms in total. The smallest absolute Gasteiger partial charge is 0.340 e. The number of ether oxygens (including phenoxy) is 2. The Hall–Kier alpha value is -3.80. The van der Waals surface area contributed by atoms with Crippen LogP contribution in [-0.2, 0) is 10.3 Å². The number of benzene rings is 3. The molecule has 2 heterocycles. The first-order valence-corrected chi connectivity index (χ1v) is 12.7. The van der Waals surface area contributed by atoms with Gasteiger partial charge in [0, 0.05) is 35.2 Å². The Balaban J connectivity index is 1.57. The quantitative estimate of drug-likeness (QED) is 0.192. The van der Waals surface area contributed by atoms with Gasteiger partial charge in [0.15, 0.2) is 11.4 Å². The summed E-state index contributed by atoms with van der Waals surface area (Å²) in [4.78, 5) is 26.6. The van der Waals surface area contributed by atoms with Gasteiger partial charge in [-0.05, 0) is 30.7 Å². The summed E-state index contributed by atoms with van der Waals surface area (Å²) in [5.74, 6) is -0.255. The number of phenols is 2. The van der Waals surface area contributed by atoms with Crippen molar-refractivity contribution in [3.05, 3.63) is 82.4 Å². The largest absolute Gasteiger partial charge is 0.508 e. The molecular formula is C30H30O6. The number of unbranched alkanes of at least 4 members (excludes halogenated alkanes) is 6. The van der Waals surface area contributed by atoms with Crippen molar-refractivity contribution in [2.24, 2.45) is 0 Å². The zero-order chi connectivity index (χ0) is 25.3. The number of rotatable bonds is 9. The number of phenolic OH excluding ortho intramolecular Hbond substituents is 2. The summed E-state index contributed by atoms with van der Waals surface area (Å²) in [5.41, 5.74) is 0.777. The van der Waals surface area contributed by atoms with Gasteiger partial charge in [0.05, 0.1) is 11.1 Å². The molecule has 0 fully saturated rings. The fourth-order valence-electron chi connectivity index (χ4n) is 5.38. The second-order valence-electron chi connectivity index (χ2n) is 9.56. The maximum absolute atomic E-state index is 13.6. The first kappa shape index (κ1) is 23.9. The molecule has 0 aromatic heterocycles. The molecule has 2 aliphatic heterocycles. The maximum Gasteiger partial charge on any atom is 0.340 e. The van der Waals surface area contributed by atoms with E-state index < -0.39 is 11.6 Å². The molecule has 0 bridgehead atoms. The van der Waals surface area contributed by atoms with Crippen LogP contribution in [0, 0.1) is 0 Å². The minimum atomic E-state index is -1.43. The molecule has 1 atom stereocenters. The van der Waals surface area contributed by atoms with E-state index in [2.05, 4.69) is 6.92 Å². The number of fused-ring (bicyclic) bond motifs is 6. The highest BCUT2D eigenvalue weighted by Crippen LogP contribution is 2.58. The Kier molecular flexibility index (Phi) is 6.44. The van der Waals surface area contributed by atoms with Crippen LogP contribution in [-0.4, -0.2) is 22.0 Å². The van der Waals surface area contributed by atoms with Gasteiger partial charge in [0.1, 0.15) is 23.0 Å². The number of carbonyl (C=O) groups excluding carboxylic acids is 2. The third-order valence-corrected chi connectivity index (χ3v) is 7.08. The molecule has 5 rings (SSSR count). The van der Waals surface area contributed by atoms with Crippen LogP contribution in [0.2, 0.25) is 0 Å². The Morgan fingerprint density at radius 1 is 0.833 bits per heavy atom. The van der Waals surface area contributed by atoms with Crippen molar-refractivity contribution >= 4 is 11.8 Å². The highest BCUT2D eigenvalue weighted by Gasteiger charge is 2.55. The maximum atomic E-state index is 13.6. The summed E-state index contributed by atoms with van der Waals surface area (Å²) < 4.78 is 12.2. The molecule has 0 saturated carbocycles. The van der Waals surface area contributed by atoms with Crippen molar-refractivity contribution in [2.75, 3.05) is 0 Å². The van der Waals surface area contributed by atoms with E-state index in [0.29, 0.717) is 34.4 Å². The summed E-state index contributed by atoms with van der Waals surface area (Å²) in [7, 11) is 0. The lowest BCUT2D eigenvalue weighted by atomic mass is 9.75. The third-order valence-electron chi connectivity index (χ3n) is 7.08. The lowest BCUT2D eigenvalue weighted by Crippen LogP contribution is -2.35. The molecule has 1 spiro atoms. The van der Waals surface area contributed by atoms with E-state index in [1.165, 1.54) is 43.5 Å². The predicted molar refractivity (Wildman–Crippen MR) is 135 cm³/mol. The van der Waals surface area contributed by atoms with E-state index in [-0.39, 0.29) is 28.6 Å². The fourth-order valence-corrected chi connectivity index (χ4v) is 5.38. The molecule has 186 valence electrons. The van der Waals surface area contributed by atoms with E-state index in [1.807, 2.05) is 12.1 Å². The molecule has 2 N–H and O–H groups in total. The van der Waals surface area contributed by atoms with Gasteiger partial charge in [0.25, 0.3) is 0 Å². The Morgan fingerprint density at radius 2 is 1.56 bits per heavy atom. The third kappa shape index (κ3) is 4.00. The molecule has 2 aliphatic rings. The van der Waals surface area contributed by atoms with Crippen molar-refractivity contribution in [2.45, 2.75) is 63.9 Å². The molecular weight excluding hydrogens is 456 g/mol. The molecule has 3 aromatic rings. The Labute approximate surface area is 210 Å². The van der Waals surface area contributed by atoms with Gasteiger partial charge in [-0.25, -0.2) is 4.79 Å². The average Bonchev–Trinajstić information content (AvgIpc) is 3.15. The number of ketones is 1. The van der Waals surface area contributed by atoms with Gasteiger partial charge in [-0.1, -0.05) is 63.6 Å². The van der Waals surface area contributed by atoms with Crippen molar-refractivity contribution in [3.63, 3.8) is 0 Å². The van der Waals surface area contributed by atoms with E-state index in [9.17, 15) is 19.8 Å². The lowest BCUT2D eigenvalue weighted by Gasteiger charge is -2.37. The summed E-state index contributed by atoms with van der Waals surface area (Å²) in [6, 6.07) is 14.5. The molecule has 6 heteroatoms. The lowest BCUT2D eigenvalue weighted by molar-refractivity contribution is 0.0220. The molecule has 0 radical (unpaired) electrons. The monoisotopic (exact) mass is 486 g/mol. The Bertz CT molecular complexity index is 1330. The normalized spacial score (nSPS) is 17.2. The van der Waals surface area contributed by atoms with Crippen LogP contribution in [0.3, 0.4) is 0 Å². The molecule has 36 heavy (non-hydrogen) atoms. The summed E-state index contributed by atoms with van der Waals surface area (Å²) in [6.45, 7) is 2.19. The van der Waals surface area contributed by atoms with E-state index in [4.69, 9.17) is 9.47 Å². The highest BCUT2D eigenvalue weighted by molar-refractivity contribution is 6.02. The molecule has 0 aliphatic carbocycles. The highest BCUT2D eigenvalue weighted by atomic mass is 16.6. The first-order valence-electron chi connectivity index (χ1n) is 12.7. The van der Waals surface area contributed by atoms with Gasteiger partial charge in [-0.15, -0.1) is 0 Å². The molecule has 0 amide bonds. The van der Waals surface area contributed by atoms with Gasteiger partial charge in [0.2, 0.25) is 0 Å². The van der Waals surface area contributed by atoms with E-state index in [0.717, 1.165) is 25.7 Å². The van der Waals surface area contributed by atoms with Gasteiger partial charge in [-0.2, -0.15) is 0 Å². The number of carbonyl (C=O) groups is 2. The standard InChI is InChI=1S/C30H30O6/c1-2-3-4-5-6-7-8-13-25(33)22-16-20(32)18-27-28(22)30(24-15-14-19(31)17-26(24)35-27)23-12-10-9-11-21(23)29(34)36-30/h9-12,14-18,31-32H,2-8,13H2,1H3. The van der Waals surface area contributed by atoms with Crippen LogP contribution in [0.5, 0.6) is 23.0 Å². The molecule has 1 unspecified atom stereocenters. The minimum Gasteiger partial charge on any atom is -0.508 e. The van der Waals surface area contributed by atoms with Crippen LogP contribution in [0.4, 0.5) is 0 Å². The van der Waals surface area contributed by atoms with Crippen LogP contribution in [0.15, 0.2) is 54.6 Å². The summed E-state index contributed by atoms with van der Waals surface area (Å²) >= 11 is 0. The summed E-state index contributed by atoms with van der Waals surface area (Å²) in [6.07, 6.45) is 7.90. The number of hydrogen-bond donors (Lipinski definition) is 2. The molecule has 0 saturated heterocycles. The van der Waals surface area contributed by atoms with Crippen LogP contribution in [0.1, 0.15) is 95.7 Å². The van der Waals surface area contributed by atoms with Crippen LogP contribution in [0.25, 0.3) is 0 Å². The zero-order valence-corrected chi connectivity index (χ0v) is 20.4. The van der Waals surface area contributed by atoms with Crippen molar-refractivity contribution in [1.29, 1.82) is 0 Å². The average molecular weight is 487 g/mol. The van der Waals surface area contributed by atoms with Crippen molar-refractivity contribution < 1.29 is 29.3 Å². The second-order valence-corrected chi connectivity index (χ2v) is 9.56. The van der Waals surface area contributed by atoms with E-state index >= 15 is 0 Å². The van der Waals surface area contributed by atoms with Crippen molar-refractivity contribution in [3.8, 4) is 23.0 Å². The van der Waals surface area contributed by atoms with Gasteiger partial charge < -0.3 is 19.7 Å². The fraction of sp³-hybridized carbons (Fsp3) is 0.333. The van der Waals surface area contributed by atoms with Crippen LogP contribution >= 0.6 is 0 Å². The topological polar surface area (TPSA) is 93.1 Å². The van der Waals surface area contributed by atoms with E-state index in [1.54, 1.807) is 18.2 Å². The Morgan fingerprint density at radius 3 is 2.36 bits per heavy atom. The van der Waals surface area contributed by atoms with Crippen LogP contribution < -0.4 is 4.74 Å². The predicted octanol–water partition coefficient (Wildman–Crippen LogP) is 6.99. The van der Waals surface area contributed by atoms with Crippen molar-refractivity contribution in [1.82, 2.24) is 0 Å². The number of aromatic hydroxyl groups is 2.